The predicted octanol–water partition coefficient (Wildman–Crippen LogP) is 2.77. The summed E-state index contributed by atoms with van der Waals surface area (Å²) in [5.74, 6) is -0.724. The summed E-state index contributed by atoms with van der Waals surface area (Å²) >= 11 is 0. The summed E-state index contributed by atoms with van der Waals surface area (Å²) < 4.78 is 5.12. The smallest absolute Gasteiger partial charge is 0.373 e. The zero-order chi connectivity index (χ0) is 13.1. The fourth-order valence-corrected chi connectivity index (χ4v) is 1.89. The summed E-state index contributed by atoms with van der Waals surface area (Å²) in [6.45, 7) is 4.13. The first-order valence-electron chi connectivity index (χ1n) is 5.80. The van der Waals surface area contributed by atoms with Gasteiger partial charge in [0.2, 0.25) is 5.76 Å². The normalized spacial score (nSPS) is 10.6. The van der Waals surface area contributed by atoms with Gasteiger partial charge in [-0.3, -0.25) is 0 Å². The quantitative estimate of drug-likeness (QED) is 0.899. The molecule has 0 radical (unpaired) electrons. The van der Waals surface area contributed by atoms with Crippen LogP contribution in [0.5, 0.6) is 0 Å². The van der Waals surface area contributed by atoms with Crippen LogP contribution in [-0.2, 0) is 12.8 Å². The van der Waals surface area contributed by atoms with Gasteiger partial charge in [0.1, 0.15) is 0 Å². The summed E-state index contributed by atoms with van der Waals surface area (Å²) in [5, 5.41) is 8.72. The lowest BCUT2D eigenvalue weighted by atomic mass is 10.0. The monoisotopic (exact) mass is 245 g/mol. The van der Waals surface area contributed by atoms with Crippen molar-refractivity contribution < 1.29 is 14.3 Å². The van der Waals surface area contributed by atoms with E-state index in [1.165, 1.54) is 22.9 Å². The minimum atomic E-state index is -1.08. The molecule has 0 spiro atoms. The fraction of sp³-hybridized carbons (Fsp3) is 0.286. The fourth-order valence-electron chi connectivity index (χ4n) is 1.89. The zero-order valence-electron chi connectivity index (χ0n) is 10.4. The Balaban J connectivity index is 2.04. The number of aromatic nitrogens is 1. The van der Waals surface area contributed by atoms with Gasteiger partial charge in [-0.2, -0.15) is 0 Å². The van der Waals surface area contributed by atoms with E-state index in [9.17, 15) is 4.79 Å². The molecule has 1 N–H and O–H groups in total. The van der Waals surface area contributed by atoms with Gasteiger partial charge in [-0.1, -0.05) is 23.8 Å². The van der Waals surface area contributed by atoms with E-state index in [0.717, 1.165) is 6.42 Å². The SMILES string of the molecule is Cc1ccc(CCc2ncc(C(=O)O)o2)c(C)c1. The maximum Gasteiger partial charge on any atom is 0.373 e. The molecular weight excluding hydrogens is 230 g/mol. The number of carbonyl (C=O) groups is 1. The molecule has 0 saturated carbocycles. The van der Waals surface area contributed by atoms with Gasteiger partial charge >= 0.3 is 5.97 Å². The van der Waals surface area contributed by atoms with Crippen LogP contribution in [0.15, 0.2) is 28.8 Å². The molecule has 1 aromatic heterocycles. The van der Waals surface area contributed by atoms with Crippen LogP contribution in [0.1, 0.15) is 33.1 Å². The average Bonchev–Trinajstić information content (AvgIpc) is 2.76. The number of carboxylic acids is 1. The van der Waals surface area contributed by atoms with Gasteiger partial charge in [0.15, 0.2) is 5.89 Å². The minimum Gasteiger partial charge on any atom is -0.475 e. The second kappa shape index (κ2) is 5.04. The number of hydrogen-bond donors (Lipinski definition) is 1. The Hall–Kier alpha value is -2.10. The first-order valence-corrected chi connectivity index (χ1v) is 5.80. The molecule has 0 atom stereocenters. The number of nitrogens with zero attached hydrogens (tertiary/aromatic N) is 1. The van der Waals surface area contributed by atoms with E-state index in [0.29, 0.717) is 12.3 Å². The van der Waals surface area contributed by atoms with Crippen LogP contribution < -0.4 is 0 Å². The molecule has 94 valence electrons. The summed E-state index contributed by atoms with van der Waals surface area (Å²) in [4.78, 5) is 14.6. The van der Waals surface area contributed by atoms with Gasteiger partial charge in [0.25, 0.3) is 0 Å². The topological polar surface area (TPSA) is 63.3 Å². The van der Waals surface area contributed by atoms with Gasteiger partial charge < -0.3 is 9.52 Å². The molecule has 4 heteroatoms. The Morgan fingerprint density at radius 2 is 2.11 bits per heavy atom. The second-order valence-electron chi connectivity index (χ2n) is 4.35. The van der Waals surface area contributed by atoms with Gasteiger partial charge in [0.05, 0.1) is 6.20 Å². The van der Waals surface area contributed by atoms with Crippen molar-refractivity contribution in [3.05, 3.63) is 52.7 Å². The predicted molar refractivity (Wildman–Crippen MR) is 66.8 cm³/mol. The van der Waals surface area contributed by atoms with Gasteiger partial charge in [-0.05, 0) is 31.4 Å². The standard InChI is InChI=1S/C14H15NO3/c1-9-3-4-11(10(2)7-9)5-6-13-15-8-12(18-13)14(16)17/h3-4,7-8H,5-6H2,1-2H3,(H,16,17). The van der Waals surface area contributed by atoms with Gasteiger partial charge in [0, 0.05) is 6.42 Å². The van der Waals surface area contributed by atoms with Crippen molar-refractivity contribution in [2.75, 3.05) is 0 Å². The molecule has 2 rings (SSSR count). The number of benzene rings is 1. The number of carboxylic acid groups (broad SMARTS) is 1. The van der Waals surface area contributed by atoms with E-state index < -0.39 is 5.97 Å². The maximum atomic E-state index is 10.6. The Morgan fingerprint density at radius 1 is 1.33 bits per heavy atom. The third-order valence-electron chi connectivity index (χ3n) is 2.87. The van der Waals surface area contributed by atoms with E-state index >= 15 is 0 Å². The molecule has 0 aliphatic rings. The molecular formula is C14H15NO3. The van der Waals surface area contributed by atoms with E-state index in [1.54, 1.807) is 0 Å². The summed E-state index contributed by atoms with van der Waals surface area (Å²) in [6, 6.07) is 6.29. The molecule has 18 heavy (non-hydrogen) atoms. The number of rotatable bonds is 4. The number of aromatic carboxylic acids is 1. The number of hydrogen-bond acceptors (Lipinski definition) is 3. The van der Waals surface area contributed by atoms with E-state index in [2.05, 4.69) is 37.0 Å². The molecule has 1 heterocycles. The minimum absolute atomic E-state index is 0.106. The van der Waals surface area contributed by atoms with Crippen LogP contribution in [0, 0.1) is 13.8 Å². The van der Waals surface area contributed by atoms with Crippen molar-refractivity contribution in [3.8, 4) is 0 Å². The highest BCUT2D eigenvalue weighted by atomic mass is 16.4. The van der Waals surface area contributed by atoms with Crippen LogP contribution in [0.3, 0.4) is 0 Å². The van der Waals surface area contributed by atoms with E-state index in [-0.39, 0.29) is 5.76 Å². The summed E-state index contributed by atoms with van der Waals surface area (Å²) in [7, 11) is 0. The van der Waals surface area contributed by atoms with E-state index in [1.807, 2.05) is 0 Å². The van der Waals surface area contributed by atoms with Crippen LogP contribution in [0.2, 0.25) is 0 Å². The van der Waals surface area contributed by atoms with Crippen LogP contribution in [0.4, 0.5) is 0 Å². The third kappa shape index (κ3) is 2.77. The molecule has 0 fully saturated rings. The summed E-state index contributed by atoms with van der Waals surface area (Å²) in [6.07, 6.45) is 2.66. The molecule has 1 aromatic carbocycles. The zero-order valence-corrected chi connectivity index (χ0v) is 10.4. The van der Waals surface area contributed by atoms with Crippen molar-refractivity contribution in [2.45, 2.75) is 26.7 Å². The molecule has 0 saturated heterocycles. The molecule has 0 aliphatic carbocycles. The molecule has 0 amide bonds. The first kappa shape index (κ1) is 12.4. The largest absolute Gasteiger partial charge is 0.475 e. The molecule has 0 aliphatic heterocycles. The van der Waals surface area contributed by atoms with Crippen molar-refractivity contribution in [2.24, 2.45) is 0 Å². The molecule has 4 nitrogen and oxygen atoms in total. The van der Waals surface area contributed by atoms with Crippen molar-refractivity contribution in [1.29, 1.82) is 0 Å². The molecule has 0 bridgehead atoms. The lowest BCUT2D eigenvalue weighted by molar-refractivity contribution is 0.0660. The van der Waals surface area contributed by atoms with E-state index in [4.69, 9.17) is 9.52 Å². The summed E-state index contributed by atoms with van der Waals surface area (Å²) in [5.41, 5.74) is 3.70. The maximum absolute atomic E-state index is 10.6. The highest BCUT2D eigenvalue weighted by Gasteiger charge is 2.10. The Bertz CT molecular complexity index is 572. The highest BCUT2D eigenvalue weighted by Crippen LogP contribution is 2.14. The highest BCUT2D eigenvalue weighted by molar-refractivity contribution is 5.83. The lowest BCUT2D eigenvalue weighted by Gasteiger charge is -2.05. The number of aryl methyl sites for hydroxylation is 4. The lowest BCUT2D eigenvalue weighted by Crippen LogP contribution is -1.95. The number of oxazole rings is 1. The van der Waals surface area contributed by atoms with Crippen molar-refractivity contribution in [3.63, 3.8) is 0 Å². The van der Waals surface area contributed by atoms with Gasteiger partial charge in [-0.15, -0.1) is 0 Å². The van der Waals surface area contributed by atoms with Crippen LogP contribution in [0.25, 0.3) is 0 Å². The third-order valence-corrected chi connectivity index (χ3v) is 2.87. The van der Waals surface area contributed by atoms with Crippen LogP contribution in [-0.4, -0.2) is 16.1 Å². The van der Waals surface area contributed by atoms with Crippen molar-refractivity contribution in [1.82, 2.24) is 4.98 Å². The molecule has 2 aromatic rings. The average molecular weight is 245 g/mol. The van der Waals surface area contributed by atoms with Gasteiger partial charge in [-0.25, -0.2) is 9.78 Å². The van der Waals surface area contributed by atoms with Crippen LogP contribution >= 0.6 is 0 Å². The molecule has 0 unspecified atom stereocenters. The Morgan fingerprint density at radius 3 is 2.72 bits per heavy atom. The van der Waals surface area contributed by atoms with Crippen molar-refractivity contribution >= 4 is 5.97 Å². The second-order valence-corrected chi connectivity index (χ2v) is 4.35. The Kier molecular flexibility index (Phi) is 3.46. The first-order chi connectivity index (χ1) is 8.56. The Labute approximate surface area is 105 Å².